The predicted molar refractivity (Wildman–Crippen MR) is 99.7 cm³/mol. The quantitative estimate of drug-likeness (QED) is 0.486. The minimum Gasteiger partial charge on any atom is -0.504 e. The summed E-state index contributed by atoms with van der Waals surface area (Å²) in [5, 5.41) is 23.8. The lowest BCUT2D eigenvalue weighted by molar-refractivity contribution is -0.111. The molecular weight excluding hydrogens is 336 g/mol. The second-order valence-electron chi connectivity index (χ2n) is 5.47. The van der Waals surface area contributed by atoms with Crippen LogP contribution >= 0.6 is 11.3 Å². The number of anilines is 1. The summed E-state index contributed by atoms with van der Waals surface area (Å²) < 4.78 is 0. The van der Waals surface area contributed by atoms with Crippen LogP contribution in [0.1, 0.15) is 11.1 Å². The average Bonchev–Trinajstić information content (AvgIpc) is 3.05. The Labute approximate surface area is 148 Å². The van der Waals surface area contributed by atoms with Crippen molar-refractivity contribution in [3.63, 3.8) is 0 Å². The van der Waals surface area contributed by atoms with Gasteiger partial charge in [0.1, 0.15) is 0 Å². The third-order valence-electron chi connectivity index (χ3n) is 3.51. The highest BCUT2D eigenvalue weighted by Crippen LogP contribution is 2.26. The van der Waals surface area contributed by atoms with Gasteiger partial charge in [0, 0.05) is 17.0 Å². The van der Waals surface area contributed by atoms with E-state index in [1.807, 2.05) is 36.6 Å². The monoisotopic (exact) mass is 352 g/mol. The highest BCUT2D eigenvalue weighted by molar-refractivity contribution is 7.14. The third kappa shape index (κ3) is 4.24. The number of phenolic OH excluding ortho intramolecular Hbond substituents is 2. The summed E-state index contributed by atoms with van der Waals surface area (Å²) in [5.74, 6) is -0.754. The van der Waals surface area contributed by atoms with Crippen molar-refractivity contribution in [3.05, 3.63) is 65.0 Å². The molecule has 5 nitrogen and oxygen atoms in total. The number of nitrogens with zero attached hydrogens (tertiary/aromatic N) is 1. The normalized spacial score (nSPS) is 10.9. The number of aryl methyl sites for hydroxylation is 1. The van der Waals surface area contributed by atoms with Crippen molar-refractivity contribution in [3.8, 4) is 22.8 Å². The molecule has 0 aliphatic heterocycles. The van der Waals surface area contributed by atoms with Crippen LogP contribution in [0.5, 0.6) is 11.5 Å². The zero-order valence-electron chi connectivity index (χ0n) is 13.4. The summed E-state index contributed by atoms with van der Waals surface area (Å²) in [4.78, 5) is 16.4. The highest BCUT2D eigenvalue weighted by atomic mass is 32.1. The van der Waals surface area contributed by atoms with Gasteiger partial charge >= 0.3 is 0 Å². The van der Waals surface area contributed by atoms with E-state index >= 15 is 0 Å². The van der Waals surface area contributed by atoms with Crippen LogP contribution in [0.25, 0.3) is 17.3 Å². The summed E-state index contributed by atoms with van der Waals surface area (Å²) in [6.45, 7) is 2.02. The van der Waals surface area contributed by atoms with Gasteiger partial charge in [-0.2, -0.15) is 0 Å². The fourth-order valence-electron chi connectivity index (χ4n) is 2.15. The summed E-state index contributed by atoms with van der Waals surface area (Å²) in [6, 6.07) is 12.4. The van der Waals surface area contributed by atoms with Crippen molar-refractivity contribution in [2.24, 2.45) is 0 Å². The Morgan fingerprint density at radius 2 is 1.88 bits per heavy atom. The molecule has 1 amide bonds. The van der Waals surface area contributed by atoms with Crippen LogP contribution < -0.4 is 5.32 Å². The molecule has 3 aromatic rings. The van der Waals surface area contributed by atoms with Crippen LogP contribution in [0.15, 0.2) is 53.9 Å². The first-order valence-electron chi connectivity index (χ1n) is 7.55. The number of carbonyl (C=O) groups is 1. The zero-order valence-corrected chi connectivity index (χ0v) is 14.2. The highest BCUT2D eigenvalue weighted by Gasteiger charge is 2.06. The maximum Gasteiger partial charge on any atom is 0.250 e. The number of rotatable bonds is 4. The lowest BCUT2D eigenvalue weighted by Crippen LogP contribution is -2.07. The van der Waals surface area contributed by atoms with Crippen molar-refractivity contribution < 1.29 is 15.0 Å². The summed E-state index contributed by atoms with van der Waals surface area (Å²) in [5.41, 5.74) is 3.59. The molecule has 25 heavy (non-hydrogen) atoms. The Kier molecular flexibility index (Phi) is 4.81. The van der Waals surface area contributed by atoms with E-state index < -0.39 is 0 Å². The number of hydrogen-bond acceptors (Lipinski definition) is 5. The van der Waals surface area contributed by atoms with Crippen LogP contribution in [0.4, 0.5) is 5.13 Å². The Morgan fingerprint density at radius 3 is 2.60 bits per heavy atom. The standard InChI is InChI=1S/C19H16N2O3S/c1-12-2-6-14(7-3-12)15-11-25-19(20-15)21-18(24)9-5-13-4-8-16(22)17(23)10-13/h2-11,22-23H,1H3,(H,20,21,24)/b9-5+. The first-order chi connectivity index (χ1) is 12.0. The fraction of sp³-hybridized carbons (Fsp3) is 0.0526. The number of carbonyl (C=O) groups excluding carboxylic acids is 1. The van der Waals surface area contributed by atoms with Gasteiger partial charge in [0.2, 0.25) is 5.91 Å². The molecule has 0 spiro atoms. The Hall–Kier alpha value is -3.12. The molecule has 0 atom stereocenters. The smallest absolute Gasteiger partial charge is 0.250 e. The van der Waals surface area contributed by atoms with Gasteiger partial charge in [-0.3, -0.25) is 10.1 Å². The average molecular weight is 352 g/mol. The lowest BCUT2D eigenvalue weighted by atomic mass is 10.1. The van der Waals surface area contributed by atoms with E-state index in [0.29, 0.717) is 10.7 Å². The topological polar surface area (TPSA) is 82.5 Å². The molecule has 3 rings (SSSR count). The predicted octanol–water partition coefficient (Wildman–Crippen LogP) is 4.18. The minimum atomic E-state index is -0.322. The molecule has 0 radical (unpaired) electrons. The largest absolute Gasteiger partial charge is 0.504 e. The third-order valence-corrected chi connectivity index (χ3v) is 4.27. The number of thiazole rings is 1. The lowest BCUT2D eigenvalue weighted by Gasteiger charge is -1.99. The zero-order chi connectivity index (χ0) is 17.8. The Balaban J connectivity index is 1.66. The van der Waals surface area contributed by atoms with Gasteiger partial charge in [0.25, 0.3) is 0 Å². The maximum absolute atomic E-state index is 12.0. The van der Waals surface area contributed by atoms with Crippen LogP contribution in [0.3, 0.4) is 0 Å². The summed E-state index contributed by atoms with van der Waals surface area (Å²) in [7, 11) is 0. The Bertz CT molecular complexity index is 930. The van der Waals surface area contributed by atoms with E-state index in [9.17, 15) is 15.0 Å². The molecule has 0 saturated carbocycles. The van der Waals surface area contributed by atoms with E-state index in [2.05, 4.69) is 10.3 Å². The first-order valence-corrected chi connectivity index (χ1v) is 8.43. The SMILES string of the molecule is Cc1ccc(-c2csc(NC(=O)/C=C/c3ccc(O)c(O)c3)n2)cc1. The van der Waals surface area contributed by atoms with Crippen molar-refractivity contribution in [2.75, 3.05) is 5.32 Å². The number of amides is 1. The van der Waals surface area contributed by atoms with Gasteiger partial charge in [0.05, 0.1) is 5.69 Å². The second kappa shape index (κ2) is 7.19. The van der Waals surface area contributed by atoms with Gasteiger partial charge in [-0.1, -0.05) is 35.9 Å². The molecule has 2 aromatic carbocycles. The van der Waals surface area contributed by atoms with Crippen molar-refractivity contribution in [1.82, 2.24) is 4.98 Å². The number of aromatic hydroxyl groups is 2. The molecular formula is C19H16N2O3S. The summed E-state index contributed by atoms with van der Waals surface area (Å²) in [6.07, 6.45) is 2.89. The van der Waals surface area contributed by atoms with Gasteiger partial charge in [0.15, 0.2) is 16.6 Å². The van der Waals surface area contributed by atoms with Crippen molar-refractivity contribution in [1.29, 1.82) is 0 Å². The van der Waals surface area contributed by atoms with Gasteiger partial charge in [-0.05, 0) is 30.7 Å². The van der Waals surface area contributed by atoms with Crippen LogP contribution in [0.2, 0.25) is 0 Å². The van der Waals surface area contributed by atoms with Gasteiger partial charge in [-0.15, -0.1) is 11.3 Å². The fourth-order valence-corrected chi connectivity index (χ4v) is 2.87. The minimum absolute atomic E-state index is 0.201. The molecule has 1 heterocycles. The molecule has 6 heteroatoms. The van der Waals surface area contributed by atoms with Crippen LogP contribution in [0, 0.1) is 6.92 Å². The van der Waals surface area contributed by atoms with Gasteiger partial charge < -0.3 is 10.2 Å². The van der Waals surface area contributed by atoms with Crippen molar-refractivity contribution in [2.45, 2.75) is 6.92 Å². The van der Waals surface area contributed by atoms with E-state index in [4.69, 9.17) is 0 Å². The van der Waals surface area contributed by atoms with Crippen LogP contribution in [-0.2, 0) is 4.79 Å². The van der Waals surface area contributed by atoms with E-state index in [-0.39, 0.29) is 17.4 Å². The molecule has 0 unspecified atom stereocenters. The molecule has 0 fully saturated rings. The first kappa shape index (κ1) is 16.7. The second-order valence-corrected chi connectivity index (χ2v) is 6.33. The van der Waals surface area contributed by atoms with Crippen LogP contribution in [-0.4, -0.2) is 21.1 Å². The van der Waals surface area contributed by atoms with E-state index in [1.165, 1.54) is 35.1 Å². The maximum atomic E-state index is 12.0. The van der Waals surface area contributed by atoms with Gasteiger partial charge in [-0.25, -0.2) is 4.98 Å². The number of aromatic nitrogens is 1. The molecule has 1 aromatic heterocycles. The number of nitrogens with one attached hydrogen (secondary N) is 1. The number of phenols is 2. The Morgan fingerprint density at radius 1 is 1.12 bits per heavy atom. The summed E-state index contributed by atoms with van der Waals surface area (Å²) >= 11 is 1.35. The molecule has 126 valence electrons. The van der Waals surface area contributed by atoms with E-state index in [1.54, 1.807) is 12.1 Å². The molecule has 3 N–H and O–H groups in total. The van der Waals surface area contributed by atoms with Crippen molar-refractivity contribution >= 4 is 28.5 Å². The molecule has 0 saturated heterocycles. The molecule has 0 bridgehead atoms. The molecule has 0 aliphatic rings. The molecule has 0 aliphatic carbocycles. The number of hydrogen-bond donors (Lipinski definition) is 3. The number of benzene rings is 2. The van der Waals surface area contributed by atoms with E-state index in [0.717, 1.165) is 11.3 Å².